The predicted octanol–water partition coefficient (Wildman–Crippen LogP) is 2.71. The van der Waals surface area contributed by atoms with Gasteiger partial charge in [0.05, 0.1) is 17.1 Å². The minimum Gasteiger partial charge on any atom is -0.454 e. The van der Waals surface area contributed by atoms with Crippen molar-refractivity contribution in [1.29, 1.82) is 0 Å². The second-order valence-electron chi connectivity index (χ2n) is 6.54. The molecule has 0 bridgehead atoms. The first kappa shape index (κ1) is 17.8. The molecule has 0 aromatic heterocycles. The van der Waals surface area contributed by atoms with Gasteiger partial charge in [-0.05, 0) is 30.3 Å². The van der Waals surface area contributed by atoms with Gasteiger partial charge in [0.25, 0.3) is 5.91 Å². The molecule has 6 nitrogen and oxygen atoms in total. The molecule has 0 aliphatic carbocycles. The number of carbonyl (C=O) groups is 2. The Morgan fingerprint density at radius 1 is 0.963 bits per heavy atom. The van der Waals surface area contributed by atoms with Crippen LogP contribution in [0.5, 0.6) is 11.5 Å². The number of hydrogen-bond donors (Lipinski definition) is 0. The Morgan fingerprint density at radius 2 is 1.70 bits per heavy atom. The van der Waals surface area contributed by atoms with Crippen molar-refractivity contribution in [3.63, 3.8) is 0 Å². The van der Waals surface area contributed by atoms with E-state index in [1.54, 1.807) is 47.4 Å². The molecule has 4 rings (SSSR count). The molecule has 0 spiro atoms. The average molecular weight is 387 g/mol. The number of halogens is 1. The van der Waals surface area contributed by atoms with E-state index in [1.807, 2.05) is 0 Å². The summed E-state index contributed by atoms with van der Waals surface area (Å²) in [6.45, 7) is 2.93. The van der Waals surface area contributed by atoms with Crippen LogP contribution in [0, 0.1) is 0 Å². The van der Waals surface area contributed by atoms with Crippen LogP contribution in [0.2, 0.25) is 5.02 Å². The fourth-order valence-electron chi connectivity index (χ4n) is 3.28. The third-order valence-electron chi connectivity index (χ3n) is 4.83. The van der Waals surface area contributed by atoms with Gasteiger partial charge in [-0.1, -0.05) is 23.7 Å². The van der Waals surface area contributed by atoms with E-state index in [2.05, 4.69) is 4.90 Å². The maximum Gasteiger partial charge on any atom is 0.255 e. The lowest BCUT2D eigenvalue weighted by molar-refractivity contribution is 0.0624. The van der Waals surface area contributed by atoms with Crippen molar-refractivity contribution in [2.75, 3.05) is 39.5 Å². The number of benzene rings is 2. The highest BCUT2D eigenvalue weighted by Crippen LogP contribution is 2.32. The second kappa shape index (κ2) is 7.58. The Morgan fingerprint density at radius 3 is 2.48 bits per heavy atom. The Labute approximate surface area is 162 Å². The van der Waals surface area contributed by atoms with Crippen LogP contribution in [0.3, 0.4) is 0 Å². The van der Waals surface area contributed by atoms with Crippen LogP contribution in [0.25, 0.3) is 0 Å². The van der Waals surface area contributed by atoms with Crippen LogP contribution < -0.4 is 9.47 Å². The van der Waals surface area contributed by atoms with Crippen LogP contribution in [0.4, 0.5) is 0 Å². The summed E-state index contributed by atoms with van der Waals surface area (Å²) in [5.41, 5.74) is 1.12. The Balaban J connectivity index is 1.33. The van der Waals surface area contributed by atoms with Gasteiger partial charge in [-0.3, -0.25) is 14.5 Å². The van der Waals surface area contributed by atoms with Crippen molar-refractivity contribution < 1.29 is 19.1 Å². The fraction of sp³-hybridized carbons (Fsp3) is 0.300. The van der Waals surface area contributed by atoms with E-state index >= 15 is 0 Å². The van der Waals surface area contributed by atoms with Gasteiger partial charge < -0.3 is 14.4 Å². The minimum atomic E-state index is -0.0673. The van der Waals surface area contributed by atoms with Gasteiger partial charge in [-0.15, -0.1) is 0 Å². The predicted molar refractivity (Wildman–Crippen MR) is 101 cm³/mol. The number of ether oxygens (including phenoxy) is 2. The van der Waals surface area contributed by atoms with E-state index in [9.17, 15) is 9.59 Å². The number of nitrogens with zero attached hydrogens (tertiary/aromatic N) is 2. The van der Waals surface area contributed by atoms with Crippen molar-refractivity contribution in [2.45, 2.75) is 0 Å². The summed E-state index contributed by atoms with van der Waals surface area (Å²) in [5.74, 6) is 1.23. The number of rotatable bonds is 4. The summed E-state index contributed by atoms with van der Waals surface area (Å²) in [6.07, 6.45) is 0. The lowest BCUT2D eigenvalue weighted by Gasteiger charge is -2.34. The number of amides is 1. The molecule has 0 unspecified atom stereocenters. The summed E-state index contributed by atoms with van der Waals surface area (Å²) < 4.78 is 10.6. The lowest BCUT2D eigenvalue weighted by Crippen LogP contribution is -2.49. The number of hydrogen-bond acceptors (Lipinski definition) is 5. The molecule has 2 aromatic carbocycles. The number of carbonyl (C=O) groups excluding carboxylic acids is 2. The van der Waals surface area contributed by atoms with Crippen molar-refractivity contribution >= 4 is 23.3 Å². The largest absolute Gasteiger partial charge is 0.454 e. The van der Waals surface area contributed by atoms with Crippen molar-refractivity contribution in [3.8, 4) is 11.5 Å². The zero-order chi connectivity index (χ0) is 18.8. The van der Waals surface area contributed by atoms with Crippen LogP contribution in [0.1, 0.15) is 20.7 Å². The maximum atomic E-state index is 12.6. The normalized spacial score (nSPS) is 16.4. The van der Waals surface area contributed by atoms with Gasteiger partial charge in [-0.2, -0.15) is 0 Å². The number of piperazine rings is 1. The van der Waals surface area contributed by atoms with E-state index in [0.29, 0.717) is 60.4 Å². The maximum absolute atomic E-state index is 12.6. The minimum absolute atomic E-state index is 0.0270. The van der Waals surface area contributed by atoms with Gasteiger partial charge in [-0.25, -0.2) is 0 Å². The van der Waals surface area contributed by atoms with E-state index in [4.69, 9.17) is 21.1 Å². The first-order valence-corrected chi connectivity index (χ1v) is 9.18. The second-order valence-corrected chi connectivity index (χ2v) is 6.95. The van der Waals surface area contributed by atoms with Gasteiger partial charge in [0, 0.05) is 31.7 Å². The van der Waals surface area contributed by atoms with Gasteiger partial charge in [0.2, 0.25) is 6.79 Å². The number of Topliss-reactive ketones (excluding diaryl/α,β-unsaturated/α-hetero) is 1. The molecule has 2 heterocycles. The molecule has 2 aliphatic heterocycles. The molecule has 140 valence electrons. The smallest absolute Gasteiger partial charge is 0.255 e. The Hall–Kier alpha value is -2.57. The van der Waals surface area contributed by atoms with E-state index in [-0.39, 0.29) is 18.5 Å². The third kappa shape index (κ3) is 3.77. The third-order valence-corrected chi connectivity index (χ3v) is 5.16. The van der Waals surface area contributed by atoms with Crippen molar-refractivity contribution in [2.24, 2.45) is 0 Å². The highest BCUT2D eigenvalue weighted by atomic mass is 35.5. The van der Waals surface area contributed by atoms with E-state index < -0.39 is 0 Å². The molecule has 2 aliphatic rings. The summed E-state index contributed by atoms with van der Waals surface area (Å²) in [6, 6.07) is 12.3. The summed E-state index contributed by atoms with van der Waals surface area (Å²) >= 11 is 6.12. The van der Waals surface area contributed by atoms with Crippen molar-refractivity contribution in [3.05, 3.63) is 58.6 Å². The lowest BCUT2D eigenvalue weighted by atomic mass is 10.1. The summed E-state index contributed by atoms with van der Waals surface area (Å²) in [4.78, 5) is 29.0. The molecular weight excluding hydrogens is 368 g/mol. The zero-order valence-corrected chi connectivity index (χ0v) is 15.4. The van der Waals surface area contributed by atoms with Crippen LogP contribution in [-0.2, 0) is 0 Å². The quantitative estimate of drug-likeness (QED) is 0.756. The molecule has 0 atom stereocenters. The standard InChI is InChI=1S/C20H19ClN2O4/c21-16-4-2-1-3-15(16)20(25)23-9-7-22(8-10-23)12-17(24)14-5-6-18-19(11-14)27-13-26-18/h1-6,11H,7-10,12-13H2. The number of ketones is 1. The summed E-state index contributed by atoms with van der Waals surface area (Å²) in [7, 11) is 0. The fourth-order valence-corrected chi connectivity index (χ4v) is 3.49. The molecular formula is C20H19ClN2O4. The van der Waals surface area contributed by atoms with E-state index in [1.165, 1.54) is 0 Å². The van der Waals surface area contributed by atoms with E-state index in [0.717, 1.165) is 0 Å². The molecule has 27 heavy (non-hydrogen) atoms. The molecule has 0 N–H and O–H groups in total. The van der Waals surface area contributed by atoms with Gasteiger partial charge >= 0.3 is 0 Å². The average Bonchev–Trinajstić information content (AvgIpc) is 3.16. The van der Waals surface area contributed by atoms with Crippen LogP contribution in [-0.4, -0.2) is 61.0 Å². The highest BCUT2D eigenvalue weighted by Gasteiger charge is 2.25. The highest BCUT2D eigenvalue weighted by molar-refractivity contribution is 6.33. The number of fused-ring (bicyclic) bond motifs is 1. The zero-order valence-electron chi connectivity index (χ0n) is 14.7. The SMILES string of the molecule is O=C(CN1CCN(C(=O)c2ccccc2Cl)CC1)c1ccc2c(c1)OCO2. The molecule has 7 heteroatoms. The molecule has 1 fully saturated rings. The van der Waals surface area contributed by atoms with Gasteiger partial charge in [0.15, 0.2) is 17.3 Å². The molecule has 1 amide bonds. The van der Waals surface area contributed by atoms with Crippen molar-refractivity contribution in [1.82, 2.24) is 9.80 Å². The topological polar surface area (TPSA) is 59.1 Å². The molecule has 1 saturated heterocycles. The van der Waals surface area contributed by atoms with Crippen LogP contribution >= 0.6 is 11.6 Å². The Kier molecular flexibility index (Phi) is 5.01. The molecule has 0 saturated carbocycles. The first-order valence-electron chi connectivity index (χ1n) is 8.81. The van der Waals surface area contributed by atoms with Crippen LogP contribution in [0.15, 0.2) is 42.5 Å². The molecule has 2 aromatic rings. The van der Waals surface area contributed by atoms with Gasteiger partial charge in [0.1, 0.15) is 0 Å². The molecule has 0 radical (unpaired) electrons. The summed E-state index contributed by atoms with van der Waals surface area (Å²) in [5, 5.41) is 0.461. The first-order chi connectivity index (χ1) is 13.1. The Bertz CT molecular complexity index is 878. The monoisotopic (exact) mass is 386 g/mol.